The number of aromatic nitrogens is 1. The first-order chi connectivity index (χ1) is 19.3. The second-order valence-electron chi connectivity index (χ2n) is 10.8. The molecule has 1 aliphatic heterocycles. The van der Waals surface area contributed by atoms with Gasteiger partial charge in [0.25, 0.3) is 0 Å². The number of carbonyl (C=O) groups is 1. The van der Waals surface area contributed by atoms with Crippen LogP contribution in [0.4, 0.5) is 4.39 Å². The molecule has 1 aliphatic carbocycles. The maximum absolute atomic E-state index is 15.3. The summed E-state index contributed by atoms with van der Waals surface area (Å²) in [7, 11) is 1.39. The van der Waals surface area contributed by atoms with Gasteiger partial charge in [-0.25, -0.2) is 4.39 Å². The molecule has 2 atom stereocenters. The summed E-state index contributed by atoms with van der Waals surface area (Å²) in [6.45, 7) is 6.64. The van der Waals surface area contributed by atoms with Crippen molar-refractivity contribution < 1.29 is 23.4 Å². The number of aryl methyl sites for hydroxylation is 3. The third-order valence-corrected chi connectivity index (χ3v) is 8.11. The number of pyridine rings is 1. The quantitative estimate of drug-likeness (QED) is 0.237. The van der Waals surface area contributed by atoms with Crippen LogP contribution in [-0.2, 0) is 16.0 Å². The summed E-state index contributed by atoms with van der Waals surface area (Å²) >= 11 is 0. The van der Waals surface area contributed by atoms with Gasteiger partial charge in [-0.1, -0.05) is 30.3 Å². The van der Waals surface area contributed by atoms with Crippen molar-refractivity contribution in [2.75, 3.05) is 13.7 Å². The van der Waals surface area contributed by atoms with E-state index >= 15 is 4.39 Å². The number of ether oxygens (including phenoxy) is 3. The predicted octanol–water partition coefficient (Wildman–Crippen LogP) is 7.59. The molecular weight excluding hydrogens is 505 g/mol. The average molecular weight is 538 g/mol. The van der Waals surface area contributed by atoms with E-state index in [1.807, 2.05) is 43.5 Å². The van der Waals surface area contributed by atoms with Crippen LogP contribution in [0.5, 0.6) is 11.5 Å². The smallest absolute Gasteiger partial charge is 0.306 e. The van der Waals surface area contributed by atoms with Crippen molar-refractivity contribution in [3.63, 3.8) is 0 Å². The number of methoxy groups -OCH3 is 1. The Hall–Kier alpha value is -4.19. The first-order valence-electron chi connectivity index (χ1n) is 13.7. The van der Waals surface area contributed by atoms with Crippen molar-refractivity contribution in [2.45, 2.75) is 52.1 Å². The average Bonchev–Trinajstić information content (AvgIpc) is 3.54. The van der Waals surface area contributed by atoms with Crippen LogP contribution in [0.3, 0.4) is 0 Å². The molecular formula is C34H32FNO4. The molecule has 0 unspecified atom stereocenters. The zero-order chi connectivity index (χ0) is 28.0. The Balaban J connectivity index is 1.29. The Bertz CT molecular complexity index is 1590. The Morgan fingerprint density at radius 3 is 2.55 bits per heavy atom. The van der Waals surface area contributed by atoms with Crippen molar-refractivity contribution in [2.24, 2.45) is 0 Å². The lowest BCUT2D eigenvalue weighted by atomic mass is 9.88. The molecule has 0 N–H and O–H groups in total. The molecule has 2 heterocycles. The van der Waals surface area contributed by atoms with E-state index in [4.69, 9.17) is 14.2 Å². The Morgan fingerprint density at radius 2 is 1.82 bits per heavy atom. The predicted molar refractivity (Wildman–Crippen MR) is 152 cm³/mol. The van der Waals surface area contributed by atoms with Gasteiger partial charge in [0.05, 0.1) is 20.1 Å². The first-order valence-corrected chi connectivity index (χ1v) is 13.7. The minimum Gasteiger partial charge on any atom is -0.492 e. The van der Waals surface area contributed by atoms with E-state index in [2.05, 4.69) is 37.0 Å². The third-order valence-electron chi connectivity index (χ3n) is 8.11. The van der Waals surface area contributed by atoms with Crippen molar-refractivity contribution in [3.05, 3.63) is 100 Å². The van der Waals surface area contributed by atoms with Crippen LogP contribution in [0.1, 0.15) is 58.4 Å². The van der Waals surface area contributed by atoms with Crippen LogP contribution < -0.4 is 9.47 Å². The van der Waals surface area contributed by atoms with Gasteiger partial charge >= 0.3 is 5.97 Å². The molecule has 204 valence electrons. The maximum Gasteiger partial charge on any atom is 0.306 e. The van der Waals surface area contributed by atoms with E-state index < -0.39 is 6.10 Å². The van der Waals surface area contributed by atoms with Gasteiger partial charge in [0.2, 0.25) is 0 Å². The molecule has 6 heteroatoms. The monoisotopic (exact) mass is 537 g/mol. The molecule has 0 amide bonds. The highest BCUT2D eigenvalue weighted by Crippen LogP contribution is 2.45. The molecule has 5 nitrogen and oxygen atoms in total. The first kappa shape index (κ1) is 26.1. The van der Waals surface area contributed by atoms with E-state index in [0.717, 1.165) is 56.6 Å². The van der Waals surface area contributed by atoms with Crippen molar-refractivity contribution in [3.8, 4) is 33.8 Å². The highest BCUT2D eigenvalue weighted by molar-refractivity contribution is 5.79. The number of carbonyl (C=O) groups excluding carboxylic acids is 1. The summed E-state index contributed by atoms with van der Waals surface area (Å²) in [5, 5.41) is 0. The summed E-state index contributed by atoms with van der Waals surface area (Å²) in [5.74, 6) is 0.790. The molecule has 0 saturated heterocycles. The van der Waals surface area contributed by atoms with Crippen LogP contribution in [0, 0.1) is 26.6 Å². The molecule has 1 aromatic heterocycles. The lowest BCUT2D eigenvalue weighted by molar-refractivity contribution is -0.141. The maximum atomic E-state index is 15.3. The highest BCUT2D eigenvalue weighted by Gasteiger charge is 2.32. The Morgan fingerprint density at radius 1 is 1.02 bits per heavy atom. The molecule has 0 spiro atoms. The van der Waals surface area contributed by atoms with Gasteiger partial charge in [-0.15, -0.1) is 0 Å². The number of hydrogen-bond donors (Lipinski definition) is 0. The lowest BCUT2D eigenvalue weighted by Gasteiger charge is -2.19. The van der Waals surface area contributed by atoms with E-state index in [1.54, 1.807) is 6.07 Å². The summed E-state index contributed by atoms with van der Waals surface area (Å²) in [4.78, 5) is 16.2. The zero-order valence-corrected chi connectivity index (χ0v) is 23.2. The number of rotatable bonds is 6. The third kappa shape index (κ3) is 4.72. The molecule has 6 rings (SSSR count). The molecule has 2 aliphatic rings. The summed E-state index contributed by atoms with van der Waals surface area (Å²) in [6.07, 6.45) is 3.22. The second-order valence-corrected chi connectivity index (χ2v) is 10.8. The van der Waals surface area contributed by atoms with E-state index in [0.29, 0.717) is 30.1 Å². The highest BCUT2D eigenvalue weighted by atomic mass is 19.1. The summed E-state index contributed by atoms with van der Waals surface area (Å²) in [5.41, 5.74) is 10.3. The fourth-order valence-corrected chi connectivity index (χ4v) is 6.17. The van der Waals surface area contributed by atoms with Gasteiger partial charge in [-0.2, -0.15) is 0 Å². The second kappa shape index (κ2) is 10.4. The molecule has 0 radical (unpaired) electrons. The molecule has 0 fully saturated rings. The Kier molecular flexibility index (Phi) is 6.78. The molecule has 40 heavy (non-hydrogen) atoms. The van der Waals surface area contributed by atoms with Crippen LogP contribution >= 0.6 is 0 Å². The van der Waals surface area contributed by atoms with Gasteiger partial charge in [0.15, 0.2) is 0 Å². The zero-order valence-electron chi connectivity index (χ0n) is 23.2. The fourth-order valence-electron chi connectivity index (χ4n) is 6.17. The number of esters is 1. The number of nitrogens with zero attached hydrogens (tertiary/aromatic N) is 1. The van der Waals surface area contributed by atoms with Crippen molar-refractivity contribution in [1.29, 1.82) is 0 Å². The Labute approximate surface area is 233 Å². The van der Waals surface area contributed by atoms with Crippen molar-refractivity contribution >= 4 is 5.97 Å². The van der Waals surface area contributed by atoms with Crippen molar-refractivity contribution in [1.82, 2.24) is 4.98 Å². The lowest BCUT2D eigenvalue weighted by Crippen LogP contribution is -2.09. The minimum atomic E-state index is -0.390. The van der Waals surface area contributed by atoms with Gasteiger partial charge in [-0.3, -0.25) is 9.78 Å². The van der Waals surface area contributed by atoms with Crippen LogP contribution in [0.25, 0.3) is 22.3 Å². The molecule has 0 saturated carbocycles. The normalized spacial score (nSPS) is 17.2. The van der Waals surface area contributed by atoms with Gasteiger partial charge in [0.1, 0.15) is 23.4 Å². The number of benzene rings is 3. The summed E-state index contributed by atoms with van der Waals surface area (Å²) in [6, 6.07) is 17.6. The number of hydrogen-bond acceptors (Lipinski definition) is 5. The SMILES string of the molecule is COC(=O)C[C@@H]1COc2cc(O[C@@H]3CCc4c(-c5c(C)cc(-c6ccc(C)nc6)cc5C)ccc(F)c43)ccc21. The van der Waals surface area contributed by atoms with Crippen LogP contribution in [-0.4, -0.2) is 24.7 Å². The van der Waals surface area contributed by atoms with E-state index in [-0.39, 0.29) is 24.1 Å². The minimum absolute atomic E-state index is 0.0381. The van der Waals surface area contributed by atoms with E-state index in [1.165, 1.54) is 7.11 Å². The van der Waals surface area contributed by atoms with Gasteiger partial charge < -0.3 is 14.2 Å². The molecule has 3 aromatic carbocycles. The summed E-state index contributed by atoms with van der Waals surface area (Å²) < 4.78 is 32.3. The fraction of sp³-hybridized carbons (Fsp3) is 0.294. The topological polar surface area (TPSA) is 57.7 Å². The van der Waals surface area contributed by atoms with Gasteiger partial charge in [0, 0.05) is 40.6 Å². The van der Waals surface area contributed by atoms with Gasteiger partial charge in [-0.05, 0) is 85.2 Å². The van der Waals surface area contributed by atoms with Crippen LogP contribution in [0.2, 0.25) is 0 Å². The number of halogens is 1. The van der Waals surface area contributed by atoms with E-state index in [9.17, 15) is 4.79 Å². The largest absolute Gasteiger partial charge is 0.492 e. The van der Waals surface area contributed by atoms with Crippen LogP contribution in [0.15, 0.2) is 60.8 Å². The molecule has 0 bridgehead atoms. The molecule has 4 aromatic rings. The standard InChI is InChI=1S/C34H32FNO4/c1-19-13-23(22-6-5-21(3)36-17-22)14-20(2)33(19)27-9-11-29(35)34-28(27)10-12-30(34)40-25-7-8-26-24(15-32(37)38-4)18-39-31(26)16-25/h5-9,11,13-14,16-17,24,30H,10,12,15,18H2,1-4H3/t24-,30-/m1/s1. The number of fused-ring (bicyclic) bond motifs is 2.